The molecule has 0 aliphatic heterocycles. The van der Waals surface area contributed by atoms with Gasteiger partial charge in [-0.15, -0.1) is 0 Å². The Kier molecular flexibility index (Phi) is 5.87. The van der Waals surface area contributed by atoms with Crippen molar-refractivity contribution < 1.29 is 14.1 Å². The molecule has 0 radical (unpaired) electrons. The summed E-state index contributed by atoms with van der Waals surface area (Å²) >= 11 is 0. The number of carbonyl (C=O) groups excluding carboxylic acids is 1. The number of nitrogens with one attached hydrogen (secondary N) is 1. The molecule has 0 saturated heterocycles. The summed E-state index contributed by atoms with van der Waals surface area (Å²) in [4.78, 5) is 36.3. The van der Waals surface area contributed by atoms with E-state index in [1.54, 1.807) is 72.2 Å². The molecule has 0 atom stereocenters. The van der Waals surface area contributed by atoms with Gasteiger partial charge in [0.1, 0.15) is 18.1 Å². The molecule has 0 fully saturated rings. The van der Waals surface area contributed by atoms with E-state index in [4.69, 9.17) is 4.42 Å². The molecule has 1 N–H and O–H groups in total. The Balaban J connectivity index is 1.35. The van der Waals surface area contributed by atoms with Crippen LogP contribution in [-0.2, 0) is 11.3 Å². The minimum atomic E-state index is -0.436. The van der Waals surface area contributed by atoms with Crippen molar-refractivity contribution in [2.75, 3.05) is 0 Å². The smallest absolute Gasteiger partial charge is 0.273 e. The molecule has 0 aliphatic carbocycles. The summed E-state index contributed by atoms with van der Waals surface area (Å²) in [6, 6.07) is 22.5. The number of nitro benzene ring substituents is 1. The van der Waals surface area contributed by atoms with E-state index in [0.29, 0.717) is 44.5 Å². The Hall–Kier alpha value is -5.05. The Morgan fingerprint density at radius 1 is 1.03 bits per heavy atom. The number of aryl methyl sites for hydroxylation is 1. The zero-order valence-corrected chi connectivity index (χ0v) is 19.2. The number of benzene rings is 3. The summed E-state index contributed by atoms with van der Waals surface area (Å²) in [7, 11) is 0. The number of nitro groups is 1. The van der Waals surface area contributed by atoms with Gasteiger partial charge in [0.25, 0.3) is 11.6 Å². The lowest BCUT2D eigenvalue weighted by molar-refractivity contribution is -0.385. The third-order valence-corrected chi connectivity index (χ3v) is 5.88. The standard InChI is InChI=1S/C27H20N4O5/c1-17-10-11-18(14-24(17)31(34)35)25-13-12-19(36-25)15-28-29-26(32)16-30-22-8-4-2-6-20(22)27(33)21-7-3-5-9-23(21)30/h2-15H,16H2,1H3,(H,29,32)/b28-15+. The van der Waals surface area contributed by atoms with E-state index < -0.39 is 4.92 Å². The summed E-state index contributed by atoms with van der Waals surface area (Å²) in [5.41, 5.74) is 4.85. The largest absolute Gasteiger partial charge is 0.455 e. The Morgan fingerprint density at radius 3 is 2.36 bits per heavy atom. The highest BCUT2D eigenvalue weighted by atomic mass is 16.6. The second-order valence-electron chi connectivity index (χ2n) is 8.20. The first-order valence-corrected chi connectivity index (χ1v) is 11.1. The average molecular weight is 480 g/mol. The first-order valence-electron chi connectivity index (χ1n) is 11.1. The van der Waals surface area contributed by atoms with Gasteiger partial charge >= 0.3 is 0 Å². The molecule has 36 heavy (non-hydrogen) atoms. The van der Waals surface area contributed by atoms with Gasteiger partial charge in [-0.25, -0.2) is 5.43 Å². The van der Waals surface area contributed by atoms with Crippen molar-refractivity contribution >= 4 is 39.6 Å². The number of fused-ring (bicyclic) bond motifs is 2. The minimum Gasteiger partial charge on any atom is -0.455 e. The molecule has 0 bridgehead atoms. The highest BCUT2D eigenvalue weighted by molar-refractivity contribution is 5.95. The predicted octanol–water partition coefficient (Wildman–Crippen LogP) is 4.78. The molecular weight excluding hydrogens is 460 g/mol. The lowest BCUT2D eigenvalue weighted by Gasteiger charge is -2.14. The summed E-state index contributed by atoms with van der Waals surface area (Å²) in [6.45, 7) is 1.62. The second-order valence-corrected chi connectivity index (χ2v) is 8.20. The Morgan fingerprint density at radius 2 is 1.69 bits per heavy atom. The van der Waals surface area contributed by atoms with Crippen LogP contribution in [0.1, 0.15) is 11.3 Å². The van der Waals surface area contributed by atoms with E-state index in [9.17, 15) is 19.7 Å². The van der Waals surface area contributed by atoms with Gasteiger partial charge in [-0.2, -0.15) is 5.10 Å². The van der Waals surface area contributed by atoms with Crippen LogP contribution in [0.25, 0.3) is 33.1 Å². The number of rotatable bonds is 6. The van der Waals surface area contributed by atoms with Gasteiger partial charge in [0.2, 0.25) is 0 Å². The zero-order chi connectivity index (χ0) is 25.2. The number of hydrogen-bond donors (Lipinski definition) is 1. The van der Waals surface area contributed by atoms with Crippen molar-refractivity contribution in [2.24, 2.45) is 5.10 Å². The van der Waals surface area contributed by atoms with Crippen LogP contribution in [0.2, 0.25) is 0 Å². The molecule has 5 aromatic rings. The number of hydrazone groups is 1. The summed E-state index contributed by atoms with van der Waals surface area (Å²) in [5.74, 6) is 0.427. The Bertz CT molecular complexity index is 1670. The number of furan rings is 1. The van der Waals surface area contributed by atoms with E-state index in [2.05, 4.69) is 10.5 Å². The molecule has 9 nitrogen and oxygen atoms in total. The molecule has 0 aliphatic rings. The van der Waals surface area contributed by atoms with Crippen molar-refractivity contribution in [3.05, 3.63) is 111 Å². The van der Waals surface area contributed by atoms with Crippen LogP contribution < -0.4 is 10.9 Å². The number of pyridine rings is 1. The molecule has 2 aromatic heterocycles. The molecule has 0 unspecified atom stereocenters. The molecular formula is C27H20N4O5. The van der Waals surface area contributed by atoms with Crippen molar-refractivity contribution in [1.82, 2.24) is 9.99 Å². The van der Waals surface area contributed by atoms with Crippen molar-refractivity contribution in [3.63, 3.8) is 0 Å². The number of nitrogens with zero attached hydrogens (tertiary/aromatic N) is 3. The van der Waals surface area contributed by atoms with Gasteiger partial charge < -0.3 is 8.98 Å². The van der Waals surface area contributed by atoms with E-state index >= 15 is 0 Å². The summed E-state index contributed by atoms with van der Waals surface area (Å²) in [6.07, 6.45) is 1.35. The fourth-order valence-corrected chi connectivity index (χ4v) is 4.13. The van der Waals surface area contributed by atoms with Gasteiger partial charge in [0.05, 0.1) is 22.2 Å². The maximum absolute atomic E-state index is 12.8. The molecule has 0 spiro atoms. The third-order valence-electron chi connectivity index (χ3n) is 5.88. The number of hydrogen-bond acceptors (Lipinski definition) is 6. The number of aromatic nitrogens is 1. The zero-order valence-electron chi connectivity index (χ0n) is 19.2. The van der Waals surface area contributed by atoms with Crippen molar-refractivity contribution in [3.8, 4) is 11.3 Å². The van der Waals surface area contributed by atoms with Crippen LogP contribution in [0, 0.1) is 17.0 Å². The molecule has 178 valence electrons. The van der Waals surface area contributed by atoms with Crippen LogP contribution in [-0.4, -0.2) is 21.6 Å². The normalized spacial score (nSPS) is 11.4. The second kappa shape index (κ2) is 9.30. The minimum absolute atomic E-state index is 0.00828. The van der Waals surface area contributed by atoms with Gasteiger partial charge in [-0.3, -0.25) is 19.7 Å². The third kappa shape index (κ3) is 4.25. The maximum Gasteiger partial charge on any atom is 0.273 e. The van der Waals surface area contributed by atoms with E-state index in [1.807, 2.05) is 12.1 Å². The average Bonchev–Trinajstić information content (AvgIpc) is 3.35. The quantitative estimate of drug-likeness (QED) is 0.162. The van der Waals surface area contributed by atoms with Crippen LogP contribution in [0.5, 0.6) is 0 Å². The predicted molar refractivity (Wildman–Crippen MR) is 137 cm³/mol. The highest BCUT2D eigenvalue weighted by Gasteiger charge is 2.14. The number of amides is 1. The molecule has 5 rings (SSSR count). The molecule has 0 saturated carbocycles. The SMILES string of the molecule is Cc1ccc(-c2ccc(/C=N/NC(=O)Cn3c4ccccc4c(=O)c4ccccc43)o2)cc1[N+](=O)[O-]. The summed E-state index contributed by atoms with van der Waals surface area (Å²) < 4.78 is 7.49. The first kappa shape index (κ1) is 22.7. The highest BCUT2D eigenvalue weighted by Crippen LogP contribution is 2.28. The van der Waals surface area contributed by atoms with Crippen LogP contribution >= 0.6 is 0 Å². The lowest BCUT2D eigenvalue weighted by atomic mass is 10.1. The van der Waals surface area contributed by atoms with E-state index in [0.717, 1.165) is 0 Å². The first-order chi connectivity index (χ1) is 17.4. The van der Waals surface area contributed by atoms with Gasteiger partial charge in [0.15, 0.2) is 5.43 Å². The molecule has 3 aromatic carbocycles. The van der Waals surface area contributed by atoms with Crippen LogP contribution in [0.3, 0.4) is 0 Å². The molecule has 1 amide bonds. The van der Waals surface area contributed by atoms with Crippen LogP contribution in [0.15, 0.2) is 93.2 Å². The fourth-order valence-electron chi connectivity index (χ4n) is 4.13. The topological polar surface area (TPSA) is 120 Å². The Labute approximate surface area is 204 Å². The van der Waals surface area contributed by atoms with Crippen molar-refractivity contribution in [1.29, 1.82) is 0 Å². The fraction of sp³-hybridized carbons (Fsp3) is 0.0741. The van der Waals surface area contributed by atoms with E-state index in [-0.39, 0.29) is 23.6 Å². The molecule has 9 heteroatoms. The number of carbonyl (C=O) groups is 1. The summed E-state index contributed by atoms with van der Waals surface area (Å²) in [5, 5.41) is 16.3. The maximum atomic E-state index is 12.8. The number of para-hydroxylation sites is 2. The van der Waals surface area contributed by atoms with Gasteiger partial charge in [-0.05, 0) is 43.3 Å². The van der Waals surface area contributed by atoms with Gasteiger partial charge in [-0.1, -0.05) is 36.4 Å². The lowest BCUT2D eigenvalue weighted by Crippen LogP contribution is -2.25. The van der Waals surface area contributed by atoms with Gasteiger partial charge in [0, 0.05) is 28.0 Å². The van der Waals surface area contributed by atoms with Crippen molar-refractivity contribution in [2.45, 2.75) is 13.5 Å². The molecule has 2 heterocycles. The van der Waals surface area contributed by atoms with Crippen LogP contribution in [0.4, 0.5) is 5.69 Å². The monoisotopic (exact) mass is 480 g/mol. The van der Waals surface area contributed by atoms with E-state index in [1.165, 1.54) is 12.3 Å².